The van der Waals surface area contributed by atoms with E-state index in [1.165, 1.54) is 0 Å². The summed E-state index contributed by atoms with van der Waals surface area (Å²) in [6, 6.07) is 4.57. The minimum absolute atomic E-state index is 0.112. The van der Waals surface area contributed by atoms with Crippen molar-refractivity contribution in [1.29, 1.82) is 0 Å². The molecule has 0 bridgehead atoms. The van der Waals surface area contributed by atoms with Crippen LogP contribution in [0.4, 0.5) is 5.69 Å². The monoisotopic (exact) mass is 439 g/mol. The van der Waals surface area contributed by atoms with Crippen LogP contribution in [0.15, 0.2) is 18.2 Å². The maximum absolute atomic E-state index is 13.2. The molecule has 2 saturated heterocycles. The highest BCUT2D eigenvalue weighted by atomic mass is 16.2. The largest absolute Gasteiger partial charge is 0.384 e. The van der Waals surface area contributed by atoms with E-state index in [9.17, 15) is 19.2 Å². The average molecular weight is 440 g/mol. The molecule has 3 aliphatic heterocycles. The van der Waals surface area contributed by atoms with Gasteiger partial charge >= 0.3 is 0 Å². The van der Waals surface area contributed by atoms with Crippen molar-refractivity contribution in [3.63, 3.8) is 0 Å². The summed E-state index contributed by atoms with van der Waals surface area (Å²) < 4.78 is 0. The average Bonchev–Trinajstić information content (AvgIpc) is 3.46. The minimum Gasteiger partial charge on any atom is -0.384 e. The van der Waals surface area contributed by atoms with E-state index < -0.39 is 23.8 Å². The molecular formula is C23H29N5O4. The molecule has 9 nitrogen and oxygen atoms in total. The lowest BCUT2D eigenvalue weighted by molar-refractivity contribution is -0.136. The molecule has 0 spiro atoms. The predicted octanol–water partition coefficient (Wildman–Crippen LogP) is 0.559. The molecule has 32 heavy (non-hydrogen) atoms. The van der Waals surface area contributed by atoms with Crippen molar-refractivity contribution >= 4 is 29.3 Å². The van der Waals surface area contributed by atoms with Crippen molar-refractivity contribution in [1.82, 2.24) is 15.1 Å². The van der Waals surface area contributed by atoms with Gasteiger partial charge in [0.1, 0.15) is 6.04 Å². The summed E-state index contributed by atoms with van der Waals surface area (Å²) in [5.74, 6) is -0.734. The van der Waals surface area contributed by atoms with Crippen LogP contribution >= 0.6 is 0 Å². The van der Waals surface area contributed by atoms with Gasteiger partial charge in [-0.25, -0.2) is 0 Å². The summed E-state index contributed by atoms with van der Waals surface area (Å²) in [6.45, 7) is 3.97. The first-order chi connectivity index (χ1) is 15.4. The zero-order valence-electron chi connectivity index (χ0n) is 18.0. The van der Waals surface area contributed by atoms with E-state index in [2.05, 4.69) is 15.5 Å². The summed E-state index contributed by atoms with van der Waals surface area (Å²) in [5, 5.41) is 5.61. The number of nitrogens with zero attached hydrogens (tertiary/aromatic N) is 2. The maximum Gasteiger partial charge on any atom is 0.264 e. The molecule has 0 radical (unpaired) electrons. The maximum atomic E-state index is 13.2. The molecule has 170 valence electrons. The smallest absolute Gasteiger partial charge is 0.264 e. The second-order valence-corrected chi connectivity index (χ2v) is 9.45. The quantitative estimate of drug-likeness (QED) is 0.553. The second kappa shape index (κ2) is 8.29. The Labute approximate surface area is 186 Å². The highest BCUT2D eigenvalue weighted by Crippen LogP contribution is 2.40. The SMILES string of the molecule is NC1CCN(CC2C[C@@H]2CNc2cccc3c2C(=O)N(C2CCC(=O)NC2=O)C3=O)CC1. The number of fused-ring (bicyclic) bond motifs is 1. The first-order valence-electron chi connectivity index (χ1n) is 11.5. The number of imide groups is 2. The van der Waals surface area contributed by atoms with E-state index in [1.807, 2.05) is 0 Å². The predicted molar refractivity (Wildman–Crippen MR) is 117 cm³/mol. The first-order valence-corrected chi connectivity index (χ1v) is 11.5. The second-order valence-electron chi connectivity index (χ2n) is 9.45. The first kappa shape index (κ1) is 21.1. The normalized spacial score (nSPS) is 28.7. The van der Waals surface area contributed by atoms with Crippen LogP contribution in [-0.4, -0.2) is 71.7 Å². The van der Waals surface area contributed by atoms with Gasteiger partial charge in [0.05, 0.1) is 11.1 Å². The highest BCUT2D eigenvalue weighted by Gasteiger charge is 2.46. The van der Waals surface area contributed by atoms with Gasteiger partial charge in [-0.05, 0) is 62.7 Å². The van der Waals surface area contributed by atoms with E-state index in [-0.39, 0.29) is 18.7 Å². The number of hydrogen-bond acceptors (Lipinski definition) is 7. The lowest BCUT2D eigenvalue weighted by Crippen LogP contribution is -2.54. The number of anilines is 1. The molecule has 1 aromatic carbocycles. The van der Waals surface area contributed by atoms with Gasteiger partial charge in [-0.3, -0.25) is 29.4 Å². The van der Waals surface area contributed by atoms with E-state index >= 15 is 0 Å². The molecule has 3 fully saturated rings. The summed E-state index contributed by atoms with van der Waals surface area (Å²) in [4.78, 5) is 53.3. The molecule has 4 amide bonds. The van der Waals surface area contributed by atoms with Gasteiger partial charge in [0.25, 0.3) is 11.8 Å². The number of carbonyl (C=O) groups is 4. The molecule has 2 unspecified atom stereocenters. The Morgan fingerprint density at radius 1 is 1.03 bits per heavy atom. The topological polar surface area (TPSA) is 125 Å². The van der Waals surface area contributed by atoms with Gasteiger partial charge < -0.3 is 16.0 Å². The van der Waals surface area contributed by atoms with Crippen molar-refractivity contribution in [2.75, 3.05) is 31.5 Å². The lowest BCUT2D eigenvalue weighted by atomic mass is 10.0. The Kier molecular flexibility index (Phi) is 5.46. The van der Waals surface area contributed by atoms with Gasteiger partial charge in [-0.1, -0.05) is 6.07 Å². The van der Waals surface area contributed by atoms with Gasteiger partial charge in [-0.2, -0.15) is 0 Å². The van der Waals surface area contributed by atoms with Crippen molar-refractivity contribution in [3.8, 4) is 0 Å². The molecule has 1 aromatic rings. The fourth-order valence-electron chi connectivity index (χ4n) is 5.15. The van der Waals surface area contributed by atoms with Crippen LogP contribution in [0.25, 0.3) is 0 Å². The number of piperidine rings is 2. The number of amides is 4. The summed E-state index contributed by atoms with van der Waals surface area (Å²) >= 11 is 0. The molecule has 0 aromatic heterocycles. The molecular weight excluding hydrogens is 410 g/mol. The zero-order valence-corrected chi connectivity index (χ0v) is 18.0. The van der Waals surface area contributed by atoms with Crippen LogP contribution in [0.5, 0.6) is 0 Å². The van der Waals surface area contributed by atoms with Crippen LogP contribution in [-0.2, 0) is 9.59 Å². The molecule has 4 N–H and O–H groups in total. The third-order valence-electron chi connectivity index (χ3n) is 7.22. The van der Waals surface area contributed by atoms with Gasteiger partial charge in [0, 0.05) is 31.2 Å². The van der Waals surface area contributed by atoms with Gasteiger partial charge in [0.15, 0.2) is 0 Å². The summed E-state index contributed by atoms with van der Waals surface area (Å²) in [6.07, 6.45) is 3.54. The van der Waals surface area contributed by atoms with Crippen molar-refractivity contribution in [2.45, 2.75) is 44.2 Å². The molecule has 5 rings (SSSR count). The van der Waals surface area contributed by atoms with Gasteiger partial charge in [0.2, 0.25) is 11.8 Å². The van der Waals surface area contributed by atoms with Crippen molar-refractivity contribution < 1.29 is 19.2 Å². The Morgan fingerprint density at radius 3 is 2.56 bits per heavy atom. The van der Waals surface area contributed by atoms with Gasteiger partial charge in [-0.15, -0.1) is 0 Å². The fourth-order valence-corrected chi connectivity index (χ4v) is 5.15. The van der Waals surface area contributed by atoms with Crippen LogP contribution in [0.1, 0.15) is 52.8 Å². The zero-order chi connectivity index (χ0) is 22.4. The van der Waals surface area contributed by atoms with Crippen LogP contribution in [0.2, 0.25) is 0 Å². The van der Waals surface area contributed by atoms with Crippen molar-refractivity contribution in [2.24, 2.45) is 17.6 Å². The van der Waals surface area contributed by atoms with Crippen LogP contribution < -0.4 is 16.4 Å². The highest BCUT2D eigenvalue weighted by molar-refractivity contribution is 6.25. The fraction of sp³-hybridized carbons (Fsp3) is 0.565. The molecule has 1 saturated carbocycles. The number of nitrogens with two attached hydrogens (primary N) is 1. The Balaban J connectivity index is 1.22. The molecule has 3 atom stereocenters. The molecule has 3 heterocycles. The molecule has 4 aliphatic rings. The minimum atomic E-state index is -0.946. The Morgan fingerprint density at radius 2 is 1.81 bits per heavy atom. The van der Waals surface area contributed by atoms with E-state index in [4.69, 9.17) is 5.73 Å². The third kappa shape index (κ3) is 3.91. The number of nitrogens with one attached hydrogen (secondary N) is 2. The number of carbonyl (C=O) groups excluding carboxylic acids is 4. The summed E-state index contributed by atoms with van der Waals surface area (Å²) in [7, 11) is 0. The number of hydrogen-bond donors (Lipinski definition) is 3. The Hall–Kier alpha value is -2.78. The van der Waals surface area contributed by atoms with E-state index in [1.54, 1.807) is 18.2 Å². The molecule has 1 aliphatic carbocycles. The van der Waals surface area contributed by atoms with E-state index in [0.29, 0.717) is 34.7 Å². The Bertz CT molecular complexity index is 971. The van der Waals surface area contributed by atoms with Crippen LogP contribution in [0.3, 0.4) is 0 Å². The number of benzene rings is 1. The lowest BCUT2D eigenvalue weighted by Gasteiger charge is -2.30. The number of likely N-dealkylation sites (tertiary alicyclic amines) is 1. The van der Waals surface area contributed by atoms with Crippen molar-refractivity contribution in [3.05, 3.63) is 29.3 Å². The van der Waals surface area contributed by atoms with E-state index in [0.717, 1.165) is 50.3 Å². The van der Waals surface area contributed by atoms with Crippen LogP contribution in [0, 0.1) is 11.8 Å². The molecule has 9 heteroatoms. The third-order valence-corrected chi connectivity index (χ3v) is 7.22. The standard InChI is InChI=1S/C23H29N5O4/c24-15-6-8-27(9-7-15)12-14-10-13(14)11-25-17-3-1-2-16-20(17)23(32)28(22(16)31)18-4-5-19(29)26-21(18)30/h1-3,13-15,18,25H,4-12,24H2,(H,26,29,30)/t13-,14?,18?/m1/s1. The summed E-state index contributed by atoms with van der Waals surface area (Å²) in [5.41, 5.74) is 7.25. The number of rotatable bonds is 6.